The first-order valence-corrected chi connectivity index (χ1v) is 5.21. The number of ether oxygens (including phenoxy) is 2. The number of nitro groups is 1. The number of fused-ring (bicyclic) bond motifs is 1. The summed E-state index contributed by atoms with van der Waals surface area (Å²) < 4.78 is 10.5. The number of hydrogen-bond acceptors (Lipinski definition) is 4. The molecular formula is C12H12N2O4. The van der Waals surface area contributed by atoms with Crippen molar-refractivity contribution in [2.75, 3.05) is 14.2 Å². The van der Waals surface area contributed by atoms with Crippen LogP contribution in [0, 0.1) is 10.1 Å². The minimum Gasteiger partial charge on any atom is -0.496 e. The highest BCUT2D eigenvalue weighted by molar-refractivity contribution is 5.95. The largest absolute Gasteiger partial charge is 0.496 e. The molecule has 2 rings (SSSR count). The van der Waals surface area contributed by atoms with Crippen LogP contribution in [0.3, 0.4) is 0 Å². The summed E-state index contributed by atoms with van der Waals surface area (Å²) in [5.41, 5.74) is 1.42. The van der Waals surface area contributed by atoms with Gasteiger partial charge in [-0.25, -0.2) is 0 Å². The fourth-order valence-electron chi connectivity index (χ4n) is 1.84. The van der Waals surface area contributed by atoms with Gasteiger partial charge in [0.15, 0.2) is 0 Å². The number of H-pyrrole nitrogens is 1. The Bertz CT molecular complexity index is 616. The molecule has 0 bridgehead atoms. The number of nitrogens with zero attached hydrogens (tertiary/aromatic N) is 1. The number of nitrogens with one attached hydrogen (secondary N) is 1. The van der Waals surface area contributed by atoms with Crippen LogP contribution in [-0.4, -0.2) is 24.1 Å². The Kier molecular flexibility index (Phi) is 3.18. The van der Waals surface area contributed by atoms with E-state index in [1.807, 2.05) is 6.07 Å². The minimum absolute atomic E-state index is 0.512. The fraction of sp³-hybridized carbons (Fsp3) is 0.167. The van der Waals surface area contributed by atoms with Gasteiger partial charge in [-0.3, -0.25) is 10.1 Å². The van der Waals surface area contributed by atoms with Gasteiger partial charge in [-0.05, 0) is 6.07 Å². The quantitative estimate of drug-likeness (QED) is 0.665. The Morgan fingerprint density at radius 2 is 2.06 bits per heavy atom. The molecule has 1 heterocycles. The molecule has 0 saturated carbocycles. The van der Waals surface area contributed by atoms with E-state index in [0.29, 0.717) is 17.1 Å². The van der Waals surface area contributed by atoms with Crippen LogP contribution in [-0.2, 0) is 0 Å². The van der Waals surface area contributed by atoms with Crippen molar-refractivity contribution in [3.63, 3.8) is 0 Å². The summed E-state index contributed by atoms with van der Waals surface area (Å²) in [4.78, 5) is 12.9. The van der Waals surface area contributed by atoms with Gasteiger partial charge >= 0.3 is 0 Å². The second kappa shape index (κ2) is 4.79. The predicted octanol–water partition coefficient (Wildman–Crippen LogP) is 2.43. The molecule has 94 valence electrons. The van der Waals surface area contributed by atoms with Gasteiger partial charge in [0.2, 0.25) is 6.20 Å². The van der Waals surface area contributed by atoms with E-state index in [4.69, 9.17) is 9.47 Å². The Morgan fingerprint density at radius 1 is 1.33 bits per heavy atom. The molecule has 0 spiro atoms. The third kappa shape index (κ3) is 2.00. The molecular weight excluding hydrogens is 236 g/mol. The summed E-state index contributed by atoms with van der Waals surface area (Å²) in [6, 6.07) is 3.51. The first-order chi connectivity index (χ1) is 8.67. The fourth-order valence-corrected chi connectivity index (χ4v) is 1.84. The average Bonchev–Trinajstić information content (AvgIpc) is 2.84. The van der Waals surface area contributed by atoms with Gasteiger partial charge in [0.05, 0.1) is 24.7 Å². The highest BCUT2D eigenvalue weighted by Crippen LogP contribution is 2.35. The van der Waals surface area contributed by atoms with Crippen LogP contribution >= 0.6 is 0 Å². The van der Waals surface area contributed by atoms with Gasteiger partial charge in [0.25, 0.3) is 0 Å². The summed E-state index contributed by atoms with van der Waals surface area (Å²) in [5.74, 6) is 1.15. The van der Waals surface area contributed by atoms with Crippen molar-refractivity contribution in [2.24, 2.45) is 0 Å². The SMILES string of the molecule is COc1cc(OC)c2[nH]ccc2c1/C=C/[N+](=O)[O-]. The first kappa shape index (κ1) is 12.0. The van der Waals surface area contributed by atoms with Crippen LogP contribution in [0.4, 0.5) is 0 Å². The molecule has 0 aliphatic rings. The summed E-state index contributed by atoms with van der Waals surface area (Å²) >= 11 is 0. The standard InChI is InChI=1S/C12H12N2O4/c1-17-10-7-11(18-2)12-9(3-5-13-12)8(10)4-6-14(15)16/h3-7,13H,1-2H3/b6-4+. The molecule has 0 aliphatic heterocycles. The normalized spacial score (nSPS) is 11.0. The maximum Gasteiger partial charge on any atom is 0.235 e. The van der Waals surface area contributed by atoms with Crippen molar-refractivity contribution in [1.82, 2.24) is 4.98 Å². The Morgan fingerprint density at radius 3 is 2.67 bits per heavy atom. The predicted molar refractivity (Wildman–Crippen MR) is 67.4 cm³/mol. The molecule has 1 N–H and O–H groups in total. The van der Waals surface area contributed by atoms with E-state index in [-0.39, 0.29) is 0 Å². The lowest BCUT2D eigenvalue weighted by molar-refractivity contribution is -0.400. The zero-order valence-corrected chi connectivity index (χ0v) is 9.97. The Labute approximate surface area is 103 Å². The molecule has 6 nitrogen and oxygen atoms in total. The minimum atomic E-state index is -0.512. The lowest BCUT2D eigenvalue weighted by Gasteiger charge is -2.09. The van der Waals surface area contributed by atoms with E-state index in [0.717, 1.165) is 17.1 Å². The van der Waals surface area contributed by atoms with Crippen LogP contribution < -0.4 is 9.47 Å². The van der Waals surface area contributed by atoms with E-state index >= 15 is 0 Å². The van der Waals surface area contributed by atoms with Crippen molar-refractivity contribution in [3.8, 4) is 11.5 Å². The van der Waals surface area contributed by atoms with Crippen molar-refractivity contribution in [3.05, 3.63) is 40.2 Å². The monoisotopic (exact) mass is 248 g/mol. The Balaban J connectivity index is 2.69. The highest BCUT2D eigenvalue weighted by Gasteiger charge is 2.13. The van der Waals surface area contributed by atoms with Gasteiger partial charge in [-0.2, -0.15) is 0 Å². The average molecular weight is 248 g/mol. The van der Waals surface area contributed by atoms with E-state index in [2.05, 4.69) is 4.98 Å². The van der Waals surface area contributed by atoms with E-state index in [1.165, 1.54) is 13.2 Å². The molecule has 1 aromatic carbocycles. The van der Waals surface area contributed by atoms with Gasteiger partial charge < -0.3 is 14.5 Å². The highest BCUT2D eigenvalue weighted by atomic mass is 16.6. The maximum absolute atomic E-state index is 10.4. The molecule has 2 aromatic rings. The molecule has 0 unspecified atom stereocenters. The maximum atomic E-state index is 10.4. The molecule has 18 heavy (non-hydrogen) atoms. The lowest BCUT2D eigenvalue weighted by atomic mass is 10.1. The van der Waals surface area contributed by atoms with E-state index in [1.54, 1.807) is 19.4 Å². The van der Waals surface area contributed by atoms with Crippen molar-refractivity contribution < 1.29 is 14.4 Å². The molecule has 6 heteroatoms. The second-order valence-corrected chi connectivity index (χ2v) is 3.56. The number of methoxy groups -OCH3 is 2. The summed E-state index contributed by atoms with van der Waals surface area (Å²) in [5, 5.41) is 11.2. The molecule has 0 aliphatic carbocycles. The molecule has 0 amide bonds. The van der Waals surface area contributed by atoms with E-state index < -0.39 is 4.92 Å². The lowest BCUT2D eigenvalue weighted by Crippen LogP contribution is -1.92. The number of aromatic nitrogens is 1. The molecule has 0 fully saturated rings. The van der Waals surface area contributed by atoms with E-state index in [9.17, 15) is 10.1 Å². The van der Waals surface area contributed by atoms with Gasteiger partial charge in [0.1, 0.15) is 11.5 Å². The topological polar surface area (TPSA) is 77.4 Å². The van der Waals surface area contributed by atoms with Crippen LogP contribution in [0.25, 0.3) is 17.0 Å². The summed E-state index contributed by atoms with van der Waals surface area (Å²) in [7, 11) is 3.07. The Hall–Kier alpha value is -2.50. The third-order valence-electron chi connectivity index (χ3n) is 2.61. The first-order valence-electron chi connectivity index (χ1n) is 5.21. The molecule has 0 saturated heterocycles. The molecule has 1 aromatic heterocycles. The van der Waals surface area contributed by atoms with Crippen molar-refractivity contribution in [2.45, 2.75) is 0 Å². The van der Waals surface area contributed by atoms with Gasteiger partial charge in [0, 0.05) is 29.3 Å². The zero-order valence-electron chi connectivity index (χ0n) is 9.97. The summed E-state index contributed by atoms with van der Waals surface area (Å²) in [6.07, 6.45) is 4.04. The third-order valence-corrected chi connectivity index (χ3v) is 2.61. The molecule has 0 atom stereocenters. The number of rotatable bonds is 4. The smallest absolute Gasteiger partial charge is 0.235 e. The van der Waals surface area contributed by atoms with Crippen LogP contribution in [0.5, 0.6) is 11.5 Å². The van der Waals surface area contributed by atoms with Crippen molar-refractivity contribution in [1.29, 1.82) is 0 Å². The number of aromatic amines is 1. The van der Waals surface area contributed by atoms with Gasteiger partial charge in [-0.15, -0.1) is 0 Å². The molecule has 0 radical (unpaired) electrons. The second-order valence-electron chi connectivity index (χ2n) is 3.56. The van der Waals surface area contributed by atoms with Crippen LogP contribution in [0.2, 0.25) is 0 Å². The number of hydrogen-bond donors (Lipinski definition) is 1. The van der Waals surface area contributed by atoms with Gasteiger partial charge in [-0.1, -0.05) is 0 Å². The van der Waals surface area contributed by atoms with Crippen LogP contribution in [0.15, 0.2) is 24.5 Å². The number of benzene rings is 1. The summed E-state index contributed by atoms with van der Waals surface area (Å²) in [6.45, 7) is 0. The zero-order chi connectivity index (χ0) is 13.1. The van der Waals surface area contributed by atoms with Crippen molar-refractivity contribution >= 4 is 17.0 Å². The van der Waals surface area contributed by atoms with Crippen LogP contribution in [0.1, 0.15) is 5.56 Å².